The number of carbonyl (C=O) groups is 1. The fraction of sp³-hybridized carbons (Fsp3) is 0.273. The molecule has 2 aromatic heterocycles. The third-order valence-electron chi connectivity index (χ3n) is 5.35. The molecule has 1 fully saturated rings. The number of likely N-dealkylation sites (tertiary alicyclic amines) is 1. The minimum atomic E-state index is -0.177. The van der Waals surface area contributed by atoms with E-state index in [1.165, 1.54) is 4.88 Å². The number of nitrogens with zero attached hydrogens (tertiary/aromatic N) is 3. The van der Waals surface area contributed by atoms with Crippen LogP contribution in [-0.2, 0) is 17.9 Å². The zero-order valence-electron chi connectivity index (χ0n) is 15.4. The van der Waals surface area contributed by atoms with Gasteiger partial charge in [-0.3, -0.25) is 14.7 Å². The zero-order chi connectivity index (χ0) is 18.9. The number of anilines is 1. The van der Waals surface area contributed by atoms with Crippen LogP contribution in [0.15, 0.2) is 66.2 Å². The fourth-order valence-corrected chi connectivity index (χ4v) is 4.79. The number of fused-ring (bicyclic) bond motifs is 3. The Morgan fingerprint density at radius 1 is 1.07 bits per heavy atom. The highest BCUT2D eigenvalue weighted by Crippen LogP contribution is 2.37. The molecule has 1 saturated heterocycles. The molecule has 6 heteroatoms. The molecule has 2 bridgehead atoms. The number of thiophene rings is 1. The minimum absolute atomic E-state index is 0.0343. The summed E-state index contributed by atoms with van der Waals surface area (Å²) >= 11 is 1.73. The second kappa shape index (κ2) is 7.37. The van der Waals surface area contributed by atoms with Gasteiger partial charge in [0.15, 0.2) is 0 Å². The van der Waals surface area contributed by atoms with E-state index < -0.39 is 0 Å². The van der Waals surface area contributed by atoms with Gasteiger partial charge in [-0.2, -0.15) is 0 Å². The molecule has 5 nitrogen and oxygen atoms in total. The number of rotatable bonds is 4. The Bertz CT molecular complexity index is 961. The maximum atomic E-state index is 13.7. The lowest BCUT2D eigenvalue weighted by atomic mass is 10.1. The van der Waals surface area contributed by atoms with Gasteiger partial charge in [-0.15, -0.1) is 11.3 Å². The molecule has 4 heterocycles. The van der Waals surface area contributed by atoms with Crippen molar-refractivity contribution >= 4 is 22.9 Å². The van der Waals surface area contributed by atoms with Crippen molar-refractivity contribution in [2.24, 2.45) is 0 Å². The van der Waals surface area contributed by atoms with E-state index in [0.29, 0.717) is 6.54 Å². The topological polar surface area (TPSA) is 45.7 Å². The number of hydrogen-bond donors (Lipinski definition) is 0. The predicted octanol–water partition coefficient (Wildman–Crippen LogP) is 3.71. The van der Waals surface area contributed by atoms with Crippen LogP contribution >= 0.6 is 11.3 Å². The van der Waals surface area contributed by atoms with E-state index in [-0.39, 0.29) is 18.1 Å². The van der Waals surface area contributed by atoms with Gasteiger partial charge in [0.05, 0.1) is 24.0 Å². The van der Waals surface area contributed by atoms with Crippen LogP contribution in [0.2, 0.25) is 0 Å². The summed E-state index contributed by atoms with van der Waals surface area (Å²) in [4.78, 5) is 23.5. The van der Waals surface area contributed by atoms with Gasteiger partial charge in [-0.05, 0) is 35.7 Å². The summed E-state index contributed by atoms with van der Waals surface area (Å²) in [5, 5.41) is 2.08. The molecule has 2 aliphatic heterocycles. The Labute approximate surface area is 168 Å². The summed E-state index contributed by atoms with van der Waals surface area (Å²) in [6.45, 7) is 1.98. The third kappa shape index (κ3) is 3.30. The van der Waals surface area contributed by atoms with Gasteiger partial charge in [0.2, 0.25) is 5.91 Å². The Hall–Kier alpha value is -2.70. The number of carbonyl (C=O) groups excluding carboxylic acids is 1. The van der Waals surface area contributed by atoms with Crippen molar-refractivity contribution in [2.45, 2.75) is 31.7 Å². The number of benzene rings is 1. The molecule has 0 spiro atoms. The van der Waals surface area contributed by atoms with Crippen molar-refractivity contribution in [1.82, 2.24) is 9.88 Å². The molecule has 1 aromatic carbocycles. The first-order chi connectivity index (χ1) is 13.8. The quantitative estimate of drug-likeness (QED) is 0.680. The molecule has 0 N–H and O–H groups in total. The lowest BCUT2D eigenvalue weighted by molar-refractivity contribution is -0.123. The molecular weight excluding hydrogens is 370 g/mol. The summed E-state index contributed by atoms with van der Waals surface area (Å²) in [5.74, 6) is 0.897. The standard InChI is InChI=1S/C22H21N3O2S/c26-22-20-12-17(14-24(20)15-18-7-5-11-28-18)27-21-9-2-1-8-19(21)25(22)13-16-6-3-4-10-23-16/h1-11,17,20H,12-15H2. The number of hydrogen-bond acceptors (Lipinski definition) is 5. The second-order valence-electron chi connectivity index (χ2n) is 7.21. The number of para-hydroxylation sites is 2. The Balaban J connectivity index is 1.50. The van der Waals surface area contributed by atoms with Gasteiger partial charge >= 0.3 is 0 Å². The first-order valence-corrected chi connectivity index (χ1v) is 10.4. The third-order valence-corrected chi connectivity index (χ3v) is 6.21. The van der Waals surface area contributed by atoms with Gasteiger partial charge in [0.25, 0.3) is 0 Å². The van der Waals surface area contributed by atoms with Gasteiger partial charge in [-0.1, -0.05) is 24.3 Å². The highest BCUT2D eigenvalue weighted by Gasteiger charge is 2.42. The summed E-state index contributed by atoms with van der Waals surface area (Å²) in [6.07, 6.45) is 2.52. The molecular formula is C22H21N3O2S. The van der Waals surface area contributed by atoms with E-state index in [4.69, 9.17) is 4.74 Å². The van der Waals surface area contributed by atoms with Crippen molar-refractivity contribution in [2.75, 3.05) is 11.4 Å². The number of aromatic nitrogens is 1. The van der Waals surface area contributed by atoms with Gasteiger partial charge in [-0.25, -0.2) is 0 Å². The van der Waals surface area contributed by atoms with Crippen molar-refractivity contribution in [3.05, 3.63) is 76.7 Å². The van der Waals surface area contributed by atoms with Crippen molar-refractivity contribution < 1.29 is 9.53 Å². The monoisotopic (exact) mass is 391 g/mol. The lowest BCUT2D eigenvalue weighted by Crippen LogP contribution is -2.45. The molecule has 2 aliphatic rings. The van der Waals surface area contributed by atoms with Crippen LogP contribution in [0.3, 0.4) is 0 Å². The summed E-state index contributed by atoms with van der Waals surface area (Å²) < 4.78 is 6.34. The van der Waals surface area contributed by atoms with E-state index in [1.54, 1.807) is 17.5 Å². The van der Waals surface area contributed by atoms with E-state index in [1.807, 2.05) is 47.4 Å². The number of pyridine rings is 1. The number of ether oxygens (including phenoxy) is 1. The van der Waals surface area contributed by atoms with E-state index in [9.17, 15) is 4.79 Å². The number of amides is 1. The molecule has 142 valence electrons. The molecule has 1 amide bonds. The highest BCUT2D eigenvalue weighted by molar-refractivity contribution is 7.09. The second-order valence-corrected chi connectivity index (χ2v) is 8.25. The van der Waals surface area contributed by atoms with Gasteiger partial charge in [0.1, 0.15) is 11.9 Å². The van der Waals surface area contributed by atoms with Crippen molar-refractivity contribution in [3.63, 3.8) is 0 Å². The van der Waals surface area contributed by atoms with Crippen LogP contribution < -0.4 is 9.64 Å². The van der Waals surface area contributed by atoms with Crippen LogP contribution in [0.5, 0.6) is 5.75 Å². The molecule has 0 radical (unpaired) electrons. The highest BCUT2D eigenvalue weighted by atomic mass is 32.1. The van der Waals surface area contributed by atoms with Crippen LogP contribution in [0.1, 0.15) is 17.0 Å². The molecule has 3 aromatic rings. The molecule has 0 saturated carbocycles. The average molecular weight is 391 g/mol. The van der Waals surface area contributed by atoms with Crippen LogP contribution in [0.4, 0.5) is 5.69 Å². The molecule has 5 rings (SSSR count). The SMILES string of the molecule is O=C1C2CC(CN2Cc2cccs2)Oc2ccccc2N1Cc1ccccn1. The van der Waals surface area contributed by atoms with Crippen LogP contribution in [-0.4, -0.2) is 34.5 Å². The van der Waals surface area contributed by atoms with Gasteiger partial charge in [0, 0.05) is 30.6 Å². The van der Waals surface area contributed by atoms with Crippen LogP contribution in [0.25, 0.3) is 0 Å². The summed E-state index contributed by atoms with van der Waals surface area (Å²) in [7, 11) is 0. The average Bonchev–Trinajstić information content (AvgIpc) is 3.37. The lowest BCUT2D eigenvalue weighted by Gasteiger charge is -2.31. The van der Waals surface area contributed by atoms with E-state index in [0.717, 1.165) is 36.6 Å². The molecule has 2 atom stereocenters. The Kier molecular flexibility index (Phi) is 4.58. The van der Waals surface area contributed by atoms with Crippen LogP contribution in [0, 0.1) is 0 Å². The first kappa shape index (κ1) is 17.4. The zero-order valence-corrected chi connectivity index (χ0v) is 16.2. The maximum absolute atomic E-state index is 13.7. The van der Waals surface area contributed by atoms with Crippen molar-refractivity contribution in [1.29, 1.82) is 0 Å². The minimum Gasteiger partial charge on any atom is -0.487 e. The molecule has 2 unspecified atom stereocenters. The van der Waals surface area contributed by atoms with Gasteiger partial charge < -0.3 is 9.64 Å². The normalized spacial score (nSPS) is 21.7. The van der Waals surface area contributed by atoms with E-state index >= 15 is 0 Å². The van der Waals surface area contributed by atoms with Crippen molar-refractivity contribution in [3.8, 4) is 5.75 Å². The summed E-state index contributed by atoms with van der Waals surface area (Å²) in [5.41, 5.74) is 1.69. The summed E-state index contributed by atoms with van der Waals surface area (Å²) in [6, 6.07) is 17.6. The first-order valence-electron chi connectivity index (χ1n) is 9.51. The molecule has 28 heavy (non-hydrogen) atoms. The predicted molar refractivity (Wildman–Crippen MR) is 109 cm³/mol. The maximum Gasteiger partial charge on any atom is 0.244 e. The Morgan fingerprint density at radius 3 is 2.79 bits per heavy atom. The molecule has 0 aliphatic carbocycles. The largest absolute Gasteiger partial charge is 0.487 e. The smallest absolute Gasteiger partial charge is 0.244 e. The van der Waals surface area contributed by atoms with E-state index in [2.05, 4.69) is 27.4 Å². The Morgan fingerprint density at radius 2 is 1.96 bits per heavy atom. The fourth-order valence-electron chi connectivity index (χ4n) is 4.06.